The summed E-state index contributed by atoms with van der Waals surface area (Å²) < 4.78 is 7.23. The lowest BCUT2D eigenvalue weighted by molar-refractivity contribution is 0.103. The van der Waals surface area contributed by atoms with Gasteiger partial charge < -0.3 is 4.74 Å². The molecule has 0 aliphatic carbocycles. The van der Waals surface area contributed by atoms with Crippen molar-refractivity contribution in [1.82, 2.24) is 9.78 Å². The van der Waals surface area contributed by atoms with Crippen LogP contribution in [0.1, 0.15) is 34.0 Å². The monoisotopic (exact) mass is 352 g/mol. The molecule has 0 aliphatic heterocycles. The lowest BCUT2D eigenvalue weighted by Crippen LogP contribution is -2.09. The maximum atomic E-state index is 12.9. The van der Waals surface area contributed by atoms with E-state index in [2.05, 4.69) is 11.7 Å². The maximum absolute atomic E-state index is 12.9. The largest absolute Gasteiger partial charge is 0.473 e. The van der Waals surface area contributed by atoms with Crippen molar-refractivity contribution in [2.24, 2.45) is 0 Å². The normalized spacial score (nSPS) is 10.7. The van der Waals surface area contributed by atoms with Crippen LogP contribution in [0.2, 0.25) is 10.0 Å². The van der Waals surface area contributed by atoms with Gasteiger partial charge in [-0.3, -0.25) is 4.79 Å². The second kappa shape index (κ2) is 7.20. The third-order valence-corrected chi connectivity index (χ3v) is 4.59. The first kappa shape index (κ1) is 17.6. The summed E-state index contributed by atoms with van der Waals surface area (Å²) in [5, 5.41) is 5.11. The average Bonchev–Trinajstić information content (AvgIpc) is 2.96. The number of ether oxygens (including phenoxy) is 1. The van der Waals surface area contributed by atoms with E-state index in [0.29, 0.717) is 45.8 Å². The molecule has 1 heterocycles. The molecule has 0 spiro atoms. The zero-order valence-corrected chi connectivity index (χ0v) is 14.8. The molecule has 0 radical (unpaired) electrons. The maximum Gasteiger partial charge on any atom is 0.223 e. The molecule has 0 saturated heterocycles. The van der Waals surface area contributed by atoms with Gasteiger partial charge in [-0.25, -0.2) is 4.68 Å². The molecule has 2 rings (SSSR count). The molecule has 0 atom stereocenters. The number of aryl methyl sites for hydroxylation is 2. The van der Waals surface area contributed by atoms with Gasteiger partial charge in [0, 0.05) is 17.1 Å². The molecule has 0 fully saturated rings. The standard InChI is InChI=1S/C17H18Cl2N2O2/c1-5-7-23-17-13(9-20-21(17)6-2)16(22)12-8-10(3)14(18)11(4)15(12)19/h5,8-9H,1,6-7H2,2-4H3. The van der Waals surface area contributed by atoms with Crippen LogP contribution in [0.5, 0.6) is 5.88 Å². The number of rotatable bonds is 6. The fourth-order valence-electron chi connectivity index (χ4n) is 2.29. The van der Waals surface area contributed by atoms with Gasteiger partial charge >= 0.3 is 0 Å². The Balaban J connectivity index is 2.53. The van der Waals surface area contributed by atoms with E-state index in [0.717, 1.165) is 5.56 Å². The second-order valence-electron chi connectivity index (χ2n) is 5.10. The number of ketones is 1. The zero-order valence-electron chi connectivity index (χ0n) is 13.3. The summed E-state index contributed by atoms with van der Waals surface area (Å²) in [6.07, 6.45) is 3.12. The SMILES string of the molecule is C=CCOc1c(C(=O)c2cc(C)c(Cl)c(C)c2Cl)cnn1CC. The fourth-order valence-corrected chi connectivity index (χ4v) is 2.73. The van der Waals surface area contributed by atoms with Crippen molar-refractivity contribution in [1.29, 1.82) is 0 Å². The number of aromatic nitrogens is 2. The molecule has 0 saturated carbocycles. The number of carbonyl (C=O) groups excluding carboxylic acids is 1. The Hall–Kier alpha value is -1.78. The molecule has 1 aromatic heterocycles. The molecular formula is C17H18Cl2N2O2. The molecule has 122 valence electrons. The van der Waals surface area contributed by atoms with Crippen LogP contribution >= 0.6 is 23.2 Å². The fraction of sp³-hybridized carbons (Fsp3) is 0.294. The molecule has 4 nitrogen and oxygen atoms in total. The highest BCUT2D eigenvalue weighted by Gasteiger charge is 2.23. The zero-order chi connectivity index (χ0) is 17.1. The summed E-state index contributed by atoms with van der Waals surface area (Å²) in [5.41, 5.74) is 2.25. The van der Waals surface area contributed by atoms with Crippen molar-refractivity contribution >= 4 is 29.0 Å². The first-order valence-corrected chi connectivity index (χ1v) is 7.97. The van der Waals surface area contributed by atoms with Crippen LogP contribution in [0, 0.1) is 13.8 Å². The lowest BCUT2D eigenvalue weighted by atomic mass is 10.0. The van der Waals surface area contributed by atoms with Gasteiger partial charge in [-0.1, -0.05) is 35.9 Å². The van der Waals surface area contributed by atoms with Gasteiger partial charge in [0.1, 0.15) is 12.2 Å². The molecular weight excluding hydrogens is 335 g/mol. The van der Waals surface area contributed by atoms with Gasteiger partial charge in [0.25, 0.3) is 0 Å². The van der Waals surface area contributed by atoms with Crippen LogP contribution in [0.3, 0.4) is 0 Å². The van der Waals surface area contributed by atoms with Gasteiger partial charge in [-0.05, 0) is 38.0 Å². The van der Waals surface area contributed by atoms with Crippen LogP contribution < -0.4 is 4.74 Å². The molecule has 0 aliphatic rings. The lowest BCUT2D eigenvalue weighted by Gasteiger charge is -2.12. The number of halogens is 2. The summed E-state index contributed by atoms with van der Waals surface area (Å²) in [6.45, 7) is 10.1. The Morgan fingerprint density at radius 3 is 2.65 bits per heavy atom. The van der Waals surface area contributed by atoms with Crippen molar-refractivity contribution in [3.05, 3.63) is 57.2 Å². The van der Waals surface area contributed by atoms with Crippen LogP contribution in [-0.4, -0.2) is 22.2 Å². The number of hydrogen-bond donors (Lipinski definition) is 0. The Morgan fingerprint density at radius 2 is 2.04 bits per heavy atom. The minimum absolute atomic E-state index is 0.239. The predicted molar refractivity (Wildman–Crippen MR) is 93.0 cm³/mol. The third-order valence-electron chi connectivity index (χ3n) is 3.52. The Kier molecular flexibility index (Phi) is 5.50. The van der Waals surface area contributed by atoms with Crippen molar-refractivity contribution < 1.29 is 9.53 Å². The quantitative estimate of drug-likeness (QED) is 0.562. The van der Waals surface area contributed by atoms with E-state index in [-0.39, 0.29) is 5.78 Å². The van der Waals surface area contributed by atoms with Crippen molar-refractivity contribution in [3.8, 4) is 5.88 Å². The second-order valence-corrected chi connectivity index (χ2v) is 5.86. The molecule has 0 unspecified atom stereocenters. The molecule has 2 aromatic rings. The molecule has 1 aromatic carbocycles. The van der Waals surface area contributed by atoms with Crippen LogP contribution in [0.4, 0.5) is 0 Å². The first-order chi connectivity index (χ1) is 10.9. The summed E-state index contributed by atoms with van der Waals surface area (Å²) in [6, 6.07) is 1.70. The molecule has 0 N–H and O–H groups in total. The van der Waals surface area contributed by atoms with E-state index in [4.69, 9.17) is 27.9 Å². The molecule has 0 amide bonds. The number of nitrogens with zero attached hydrogens (tertiary/aromatic N) is 2. The topological polar surface area (TPSA) is 44.1 Å². The van der Waals surface area contributed by atoms with Crippen LogP contribution in [0.15, 0.2) is 24.9 Å². The highest BCUT2D eigenvalue weighted by molar-refractivity contribution is 6.39. The molecule has 6 heteroatoms. The van der Waals surface area contributed by atoms with E-state index in [1.807, 2.05) is 13.8 Å². The summed E-state index contributed by atoms with van der Waals surface area (Å²) in [4.78, 5) is 12.9. The predicted octanol–water partition coefficient (Wildman–Crippen LogP) is 4.62. The number of carbonyl (C=O) groups is 1. The molecule has 0 bridgehead atoms. The highest BCUT2D eigenvalue weighted by Crippen LogP contribution is 2.33. The first-order valence-electron chi connectivity index (χ1n) is 7.21. The van der Waals surface area contributed by atoms with Gasteiger partial charge in [-0.15, -0.1) is 0 Å². The summed E-state index contributed by atoms with van der Waals surface area (Å²) in [5.74, 6) is 0.176. The van der Waals surface area contributed by atoms with Crippen LogP contribution in [0.25, 0.3) is 0 Å². The highest BCUT2D eigenvalue weighted by atomic mass is 35.5. The van der Waals surface area contributed by atoms with E-state index >= 15 is 0 Å². The van der Waals surface area contributed by atoms with E-state index < -0.39 is 0 Å². The van der Waals surface area contributed by atoms with Crippen molar-refractivity contribution in [2.45, 2.75) is 27.3 Å². The van der Waals surface area contributed by atoms with Gasteiger partial charge in [0.2, 0.25) is 11.7 Å². The number of benzene rings is 1. The van der Waals surface area contributed by atoms with Crippen molar-refractivity contribution in [3.63, 3.8) is 0 Å². The van der Waals surface area contributed by atoms with E-state index in [9.17, 15) is 4.79 Å². The molecule has 23 heavy (non-hydrogen) atoms. The van der Waals surface area contributed by atoms with E-state index in [1.54, 1.807) is 23.7 Å². The van der Waals surface area contributed by atoms with E-state index in [1.165, 1.54) is 6.20 Å². The summed E-state index contributed by atoms with van der Waals surface area (Å²) >= 11 is 12.5. The van der Waals surface area contributed by atoms with Crippen molar-refractivity contribution in [2.75, 3.05) is 6.61 Å². The minimum atomic E-state index is -0.239. The van der Waals surface area contributed by atoms with Crippen LogP contribution in [-0.2, 0) is 6.54 Å². The Bertz CT molecular complexity index is 766. The smallest absolute Gasteiger partial charge is 0.223 e. The van der Waals surface area contributed by atoms with Gasteiger partial charge in [0.15, 0.2) is 0 Å². The number of hydrogen-bond acceptors (Lipinski definition) is 3. The summed E-state index contributed by atoms with van der Waals surface area (Å²) in [7, 11) is 0. The Labute approximate surface area is 145 Å². The van der Waals surface area contributed by atoms with Gasteiger partial charge in [0.05, 0.1) is 11.2 Å². The minimum Gasteiger partial charge on any atom is -0.473 e. The Morgan fingerprint density at radius 1 is 1.35 bits per heavy atom. The average molecular weight is 353 g/mol. The third kappa shape index (κ3) is 3.28. The van der Waals surface area contributed by atoms with Gasteiger partial charge in [-0.2, -0.15) is 5.10 Å².